The molecule has 0 radical (unpaired) electrons. The van der Waals surface area contributed by atoms with Crippen molar-refractivity contribution in [3.8, 4) is 0 Å². The molecule has 22 heavy (non-hydrogen) atoms. The van der Waals surface area contributed by atoms with Gasteiger partial charge in [-0.15, -0.1) is 0 Å². The number of rotatable bonds is 1. The fourth-order valence-electron chi connectivity index (χ4n) is 5.26. The highest BCUT2D eigenvalue weighted by molar-refractivity contribution is 5.67. The molecule has 0 aromatic rings. The topological polar surface area (TPSA) is 68.3 Å². The van der Waals surface area contributed by atoms with Crippen molar-refractivity contribution in [2.24, 2.45) is 10.8 Å². The number of aliphatic hydroxyl groups excluding tert-OH is 1. The molecule has 2 aliphatic carbocycles. The number of fused-ring (bicyclic) bond motifs is 2. The van der Waals surface area contributed by atoms with E-state index in [0.29, 0.717) is 13.0 Å². The van der Waals surface area contributed by atoms with Crippen LogP contribution in [-0.2, 0) is 19.0 Å². The summed E-state index contributed by atoms with van der Waals surface area (Å²) in [6, 6.07) is 0. The third kappa shape index (κ3) is 1.35. The number of aliphatic hydroxyl groups is 1. The van der Waals surface area contributed by atoms with Gasteiger partial charge in [-0.05, 0) is 26.2 Å². The molecule has 2 heterocycles. The van der Waals surface area contributed by atoms with Crippen molar-refractivity contribution in [2.75, 3.05) is 6.61 Å². The lowest BCUT2D eigenvalue weighted by Crippen LogP contribution is -2.68. The molecule has 3 fully saturated rings. The fourth-order valence-corrected chi connectivity index (χ4v) is 5.26. The van der Waals surface area contributed by atoms with Crippen molar-refractivity contribution in [1.29, 1.82) is 0 Å². The first-order chi connectivity index (χ1) is 10.2. The number of epoxide rings is 1. The first-order valence-electron chi connectivity index (χ1n) is 8.08. The molecule has 6 atom stereocenters. The maximum absolute atomic E-state index is 11.7. The Hall–Kier alpha value is -0.910. The number of allylic oxidation sites excluding steroid dienone is 1. The zero-order chi connectivity index (χ0) is 16.0. The largest absolute Gasteiger partial charge is 0.427 e. The molecule has 1 spiro atoms. The fraction of sp³-hybridized carbons (Fsp3) is 0.824. The molecule has 5 nitrogen and oxygen atoms in total. The number of esters is 1. The minimum Gasteiger partial charge on any atom is -0.427 e. The second-order valence-corrected chi connectivity index (χ2v) is 7.90. The lowest BCUT2D eigenvalue weighted by molar-refractivity contribution is -0.341. The molecule has 122 valence electrons. The van der Waals surface area contributed by atoms with Crippen molar-refractivity contribution in [3.05, 3.63) is 11.6 Å². The summed E-state index contributed by atoms with van der Waals surface area (Å²) in [5.41, 5.74) is 0.153. The Morgan fingerprint density at radius 2 is 2.14 bits per heavy atom. The molecule has 1 N–H and O–H groups in total. The highest BCUT2D eigenvalue weighted by Gasteiger charge is 2.88. The minimum absolute atomic E-state index is 0.135. The second-order valence-electron chi connectivity index (χ2n) is 7.90. The van der Waals surface area contributed by atoms with Crippen LogP contribution in [0.25, 0.3) is 0 Å². The van der Waals surface area contributed by atoms with Gasteiger partial charge in [0.2, 0.25) is 0 Å². The number of hydrogen-bond acceptors (Lipinski definition) is 5. The number of carbonyl (C=O) groups excluding carboxylic acids is 1. The highest BCUT2D eigenvalue weighted by Crippen LogP contribution is 2.75. The summed E-state index contributed by atoms with van der Waals surface area (Å²) in [4.78, 5) is 11.7. The van der Waals surface area contributed by atoms with E-state index in [0.717, 1.165) is 12.8 Å². The van der Waals surface area contributed by atoms with Gasteiger partial charge >= 0.3 is 5.97 Å². The Balaban J connectivity index is 1.89. The van der Waals surface area contributed by atoms with Crippen molar-refractivity contribution >= 4 is 5.97 Å². The van der Waals surface area contributed by atoms with Crippen LogP contribution in [0.1, 0.15) is 47.0 Å². The van der Waals surface area contributed by atoms with E-state index in [2.05, 4.69) is 26.8 Å². The van der Waals surface area contributed by atoms with Crippen LogP contribution in [0, 0.1) is 10.8 Å². The van der Waals surface area contributed by atoms with E-state index in [-0.39, 0.29) is 16.9 Å². The van der Waals surface area contributed by atoms with Crippen molar-refractivity contribution in [2.45, 2.75) is 70.6 Å². The third-order valence-corrected chi connectivity index (χ3v) is 6.89. The van der Waals surface area contributed by atoms with Crippen LogP contribution in [-0.4, -0.2) is 41.3 Å². The SMILES string of the molecule is CC(=O)O[C@@]12O[C@@H]3C=C(C)CC[C@]3(C)[C@@](C)(C[C@H]1O)[C@]21CO1. The summed E-state index contributed by atoms with van der Waals surface area (Å²) < 4.78 is 17.8. The molecule has 0 aromatic heterocycles. The highest BCUT2D eigenvalue weighted by atomic mass is 16.8. The third-order valence-electron chi connectivity index (χ3n) is 6.89. The van der Waals surface area contributed by atoms with Gasteiger partial charge in [0.05, 0.1) is 12.7 Å². The molecule has 4 aliphatic rings. The van der Waals surface area contributed by atoms with Gasteiger partial charge in [0.25, 0.3) is 5.79 Å². The van der Waals surface area contributed by atoms with E-state index >= 15 is 0 Å². The first-order valence-corrected chi connectivity index (χ1v) is 8.08. The standard InChI is InChI=1S/C17H24O5/c1-10-5-6-14(3)13(7-10)22-17(21-11(2)18)12(19)8-15(14,4)16(17)9-20-16/h7,12-13,19H,5-6,8-9H2,1-4H3/t12-,13-,14+,15-,16-,17-/m1/s1. The Kier molecular flexibility index (Phi) is 2.63. The van der Waals surface area contributed by atoms with Gasteiger partial charge < -0.3 is 19.3 Å². The van der Waals surface area contributed by atoms with E-state index < -0.39 is 23.5 Å². The van der Waals surface area contributed by atoms with Crippen molar-refractivity contribution < 1.29 is 24.1 Å². The quantitative estimate of drug-likeness (QED) is 0.455. The van der Waals surface area contributed by atoms with E-state index in [1.807, 2.05) is 0 Å². The number of carbonyl (C=O) groups is 1. The number of ether oxygens (including phenoxy) is 3. The molecule has 2 aliphatic heterocycles. The number of hydrogen-bond donors (Lipinski definition) is 1. The van der Waals surface area contributed by atoms with Crippen LogP contribution < -0.4 is 0 Å². The van der Waals surface area contributed by atoms with E-state index in [1.54, 1.807) is 0 Å². The summed E-state index contributed by atoms with van der Waals surface area (Å²) in [6.45, 7) is 8.31. The van der Waals surface area contributed by atoms with Gasteiger partial charge in [0, 0.05) is 17.8 Å². The lowest BCUT2D eigenvalue weighted by atomic mass is 9.52. The predicted octanol–water partition coefficient (Wildman–Crippen LogP) is 1.93. The maximum Gasteiger partial charge on any atom is 0.305 e. The summed E-state index contributed by atoms with van der Waals surface area (Å²) in [5, 5.41) is 10.8. The molecular formula is C17H24O5. The van der Waals surface area contributed by atoms with Gasteiger partial charge in [-0.25, -0.2) is 0 Å². The van der Waals surface area contributed by atoms with Crippen LogP contribution in [0.3, 0.4) is 0 Å². The Morgan fingerprint density at radius 3 is 2.73 bits per heavy atom. The van der Waals surface area contributed by atoms with Crippen LogP contribution in [0.4, 0.5) is 0 Å². The lowest BCUT2D eigenvalue weighted by Gasteiger charge is -2.58. The van der Waals surface area contributed by atoms with Gasteiger partial charge in [0.15, 0.2) is 5.60 Å². The first kappa shape index (κ1) is 14.7. The van der Waals surface area contributed by atoms with Gasteiger partial charge in [0.1, 0.15) is 6.10 Å². The molecule has 2 bridgehead atoms. The molecule has 2 saturated heterocycles. The second kappa shape index (κ2) is 3.94. The van der Waals surface area contributed by atoms with E-state index in [9.17, 15) is 9.90 Å². The summed E-state index contributed by atoms with van der Waals surface area (Å²) in [5.74, 6) is -1.82. The predicted molar refractivity (Wildman–Crippen MR) is 77.9 cm³/mol. The molecule has 0 aromatic carbocycles. The molecule has 1 saturated carbocycles. The molecule has 0 unspecified atom stereocenters. The normalized spacial score (nSPS) is 55.6. The van der Waals surface area contributed by atoms with Crippen LogP contribution in [0.15, 0.2) is 11.6 Å². The van der Waals surface area contributed by atoms with E-state index in [1.165, 1.54) is 12.5 Å². The van der Waals surface area contributed by atoms with Crippen LogP contribution in [0.5, 0.6) is 0 Å². The van der Waals surface area contributed by atoms with E-state index in [4.69, 9.17) is 14.2 Å². The summed E-state index contributed by atoms with van der Waals surface area (Å²) in [7, 11) is 0. The Labute approximate surface area is 130 Å². The summed E-state index contributed by atoms with van der Waals surface area (Å²) in [6.07, 6.45) is 3.65. The van der Waals surface area contributed by atoms with Crippen molar-refractivity contribution in [1.82, 2.24) is 0 Å². The van der Waals surface area contributed by atoms with Crippen LogP contribution in [0.2, 0.25) is 0 Å². The van der Waals surface area contributed by atoms with Crippen molar-refractivity contribution in [3.63, 3.8) is 0 Å². The van der Waals surface area contributed by atoms with Gasteiger partial charge in [-0.2, -0.15) is 0 Å². The minimum atomic E-state index is -1.37. The average molecular weight is 308 g/mol. The smallest absolute Gasteiger partial charge is 0.305 e. The Bertz CT molecular complexity index is 580. The zero-order valence-corrected chi connectivity index (χ0v) is 13.6. The average Bonchev–Trinajstić information content (AvgIpc) is 3.19. The molecular weight excluding hydrogens is 284 g/mol. The molecule has 5 heteroatoms. The molecule has 4 rings (SSSR count). The van der Waals surface area contributed by atoms with Crippen LogP contribution >= 0.6 is 0 Å². The van der Waals surface area contributed by atoms with Gasteiger partial charge in [-0.3, -0.25) is 4.79 Å². The van der Waals surface area contributed by atoms with Gasteiger partial charge in [-0.1, -0.05) is 25.5 Å². The Morgan fingerprint density at radius 1 is 1.45 bits per heavy atom. The molecule has 0 amide bonds. The maximum atomic E-state index is 11.7. The monoisotopic (exact) mass is 308 g/mol. The zero-order valence-electron chi connectivity index (χ0n) is 13.6. The summed E-state index contributed by atoms with van der Waals surface area (Å²) >= 11 is 0.